The van der Waals surface area contributed by atoms with E-state index in [-0.39, 0.29) is 5.56 Å². The zero-order valence-corrected chi connectivity index (χ0v) is 18.8. The summed E-state index contributed by atoms with van der Waals surface area (Å²) in [5.41, 5.74) is 2.52. The molecule has 1 aliphatic rings. The van der Waals surface area contributed by atoms with Crippen LogP contribution in [0.25, 0.3) is 21.5 Å². The van der Waals surface area contributed by atoms with Gasteiger partial charge >= 0.3 is 0 Å². The molecule has 0 unspecified atom stereocenters. The third-order valence-corrected chi connectivity index (χ3v) is 6.39. The monoisotopic (exact) mass is 467 g/mol. The number of halogens is 2. The van der Waals surface area contributed by atoms with Crippen molar-refractivity contribution >= 4 is 38.5 Å². The third-order valence-electron chi connectivity index (χ3n) is 5.52. The average Bonchev–Trinajstić information content (AvgIpc) is 3.23. The molecule has 0 spiro atoms. The SMILES string of the molecule is CNc1cc(-c2ccc(F)cc2F)c2nc(Nc3ccc(CN4CCNCC4)cn3)sc2n1. The Hall–Kier alpha value is -3.21. The molecule has 0 saturated carbocycles. The highest BCUT2D eigenvalue weighted by molar-refractivity contribution is 7.21. The fraction of sp³-hybridized carbons (Fsp3) is 0.261. The lowest BCUT2D eigenvalue weighted by atomic mass is 10.1. The number of anilines is 3. The number of hydrogen-bond acceptors (Lipinski definition) is 8. The molecule has 7 nitrogen and oxygen atoms in total. The fourth-order valence-corrected chi connectivity index (χ4v) is 4.71. The number of rotatable bonds is 6. The Kier molecular flexibility index (Phi) is 6.12. The third kappa shape index (κ3) is 4.77. The van der Waals surface area contributed by atoms with Crippen molar-refractivity contribution in [3.63, 3.8) is 0 Å². The van der Waals surface area contributed by atoms with Gasteiger partial charge in [-0.2, -0.15) is 0 Å². The summed E-state index contributed by atoms with van der Waals surface area (Å²) in [5.74, 6) is -0.0235. The Morgan fingerprint density at radius 1 is 1.03 bits per heavy atom. The van der Waals surface area contributed by atoms with E-state index in [1.165, 1.54) is 23.5 Å². The van der Waals surface area contributed by atoms with Crippen molar-refractivity contribution < 1.29 is 8.78 Å². The van der Waals surface area contributed by atoms with Gasteiger partial charge in [0.25, 0.3) is 0 Å². The summed E-state index contributed by atoms with van der Waals surface area (Å²) < 4.78 is 27.9. The normalized spacial score (nSPS) is 14.5. The van der Waals surface area contributed by atoms with E-state index in [9.17, 15) is 8.78 Å². The number of aromatic nitrogens is 3. The lowest BCUT2D eigenvalue weighted by molar-refractivity contribution is 0.233. The zero-order valence-electron chi connectivity index (χ0n) is 18.0. The van der Waals surface area contributed by atoms with Gasteiger partial charge in [-0.15, -0.1) is 0 Å². The van der Waals surface area contributed by atoms with Crippen LogP contribution in [0.15, 0.2) is 42.6 Å². The molecule has 0 radical (unpaired) electrons. The number of benzene rings is 1. The second kappa shape index (κ2) is 9.34. The minimum atomic E-state index is -0.645. The summed E-state index contributed by atoms with van der Waals surface area (Å²) in [6, 6.07) is 9.23. The summed E-state index contributed by atoms with van der Waals surface area (Å²) in [4.78, 5) is 16.7. The summed E-state index contributed by atoms with van der Waals surface area (Å²) in [6.07, 6.45) is 1.87. The molecule has 1 aromatic carbocycles. The Labute approximate surface area is 193 Å². The van der Waals surface area contributed by atoms with Crippen LogP contribution < -0.4 is 16.0 Å². The molecule has 0 atom stereocenters. The number of nitrogens with zero attached hydrogens (tertiary/aromatic N) is 4. The first-order valence-corrected chi connectivity index (χ1v) is 11.5. The van der Waals surface area contributed by atoms with Gasteiger partial charge in [0.1, 0.15) is 33.6 Å². The molecule has 1 aliphatic heterocycles. The molecular weight excluding hydrogens is 444 g/mol. The van der Waals surface area contributed by atoms with E-state index in [0.717, 1.165) is 44.4 Å². The van der Waals surface area contributed by atoms with Gasteiger partial charge in [-0.25, -0.2) is 23.7 Å². The number of nitrogens with one attached hydrogen (secondary N) is 3. The fourth-order valence-electron chi connectivity index (χ4n) is 3.83. The molecule has 33 heavy (non-hydrogen) atoms. The number of pyridine rings is 2. The smallest absolute Gasteiger partial charge is 0.190 e. The van der Waals surface area contributed by atoms with Crippen molar-refractivity contribution in [1.29, 1.82) is 0 Å². The van der Waals surface area contributed by atoms with Gasteiger partial charge < -0.3 is 16.0 Å². The first-order valence-electron chi connectivity index (χ1n) is 10.7. The topological polar surface area (TPSA) is 78.0 Å². The van der Waals surface area contributed by atoms with Crippen molar-refractivity contribution in [2.45, 2.75) is 6.54 Å². The van der Waals surface area contributed by atoms with Crippen molar-refractivity contribution in [3.05, 3.63) is 59.8 Å². The maximum Gasteiger partial charge on any atom is 0.190 e. The predicted octanol–water partition coefficient (Wildman–Crippen LogP) is 4.22. The minimum absolute atomic E-state index is 0.271. The molecule has 0 bridgehead atoms. The van der Waals surface area contributed by atoms with Gasteiger partial charge in [0, 0.05) is 63.2 Å². The second-order valence-corrected chi connectivity index (χ2v) is 8.78. The van der Waals surface area contributed by atoms with Gasteiger partial charge in [0.15, 0.2) is 5.13 Å². The zero-order chi connectivity index (χ0) is 22.8. The first-order chi connectivity index (χ1) is 16.1. The van der Waals surface area contributed by atoms with Crippen LogP contribution in [0.1, 0.15) is 5.56 Å². The Morgan fingerprint density at radius 2 is 1.88 bits per heavy atom. The second-order valence-electron chi connectivity index (χ2n) is 7.80. The van der Waals surface area contributed by atoms with E-state index in [2.05, 4.69) is 41.9 Å². The van der Waals surface area contributed by atoms with Crippen molar-refractivity contribution in [2.24, 2.45) is 0 Å². The van der Waals surface area contributed by atoms with Gasteiger partial charge in [-0.3, -0.25) is 4.90 Å². The summed E-state index contributed by atoms with van der Waals surface area (Å²) in [5, 5.41) is 10.2. The van der Waals surface area contributed by atoms with Crippen LogP contribution in [0.2, 0.25) is 0 Å². The van der Waals surface area contributed by atoms with Crippen LogP contribution in [0.4, 0.5) is 25.5 Å². The van der Waals surface area contributed by atoms with Crippen LogP contribution in [-0.4, -0.2) is 53.1 Å². The van der Waals surface area contributed by atoms with Crippen LogP contribution >= 0.6 is 11.3 Å². The largest absolute Gasteiger partial charge is 0.373 e. The van der Waals surface area contributed by atoms with Gasteiger partial charge in [0.2, 0.25) is 0 Å². The van der Waals surface area contributed by atoms with Crippen LogP contribution in [0, 0.1) is 11.6 Å². The molecule has 3 aromatic heterocycles. The number of piperazine rings is 1. The van der Waals surface area contributed by atoms with Gasteiger partial charge in [-0.1, -0.05) is 17.4 Å². The van der Waals surface area contributed by atoms with E-state index >= 15 is 0 Å². The van der Waals surface area contributed by atoms with Crippen LogP contribution in [-0.2, 0) is 6.54 Å². The standard InChI is InChI=1S/C23H23F2N7S/c1-26-20-11-17(16-4-3-15(24)10-18(16)25)21-22(29-20)33-23(31-21)30-19-5-2-14(12-28-19)13-32-8-6-27-7-9-32/h2-5,10-12,27H,6-9,13H2,1H3,(H,26,29)(H,28,30,31). The summed E-state index contributed by atoms with van der Waals surface area (Å²) >= 11 is 1.35. The molecule has 3 N–H and O–H groups in total. The molecule has 4 heterocycles. The van der Waals surface area contributed by atoms with Crippen molar-refractivity contribution in [1.82, 2.24) is 25.2 Å². The maximum absolute atomic E-state index is 14.5. The van der Waals surface area contributed by atoms with E-state index < -0.39 is 11.6 Å². The van der Waals surface area contributed by atoms with E-state index in [1.807, 2.05) is 12.3 Å². The molecule has 170 valence electrons. The lowest BCUT2D eigenvalue weighted by Gasteiger charge is -2.27. The molecule has 1 fully saturated rings. The molecule has 1 saturated heterocycles. The van der Waals surface area contributed by atoms with Crippen molar-refractivity contribution in [3.8, 4) is 11.1 Å². The lowest BCUT2D eigenvalue weighted by Crippen LogP contribution is -2.42. The quantitative estimate of drug-likeness (QED) is 0.392. The van der Waals surface area contributed by atoms with Crippen LogP contribution in [0.3, 0.4) is 0 Å². The molecular formula is C23H23F2N7S. The minimum Gasteiger partial charge on any atom is -0.373 e. The van der Waals surface area contributed by atoms with Gasteiger partial charge in [-0.05, 0) is 29.8 Å². The van der Waals surface area contributed by atoms with Crippen molar-refractivity contribution in [2.75, 3.05) is 43.9 Å². The number of thiazole rings is 1. The average molecular weight is 468 g/mol. The van der Waals surface area contributed by atoms with Gasteiger partial charge in [0.05, 0.1) is 0 Å². The highest BCUT2D eigenvalue weighted by atomic mass is 32.1. The molecule has 0 amide bonds. The Bertz CT molecular complexity index is 1270. The molecule has 0 aliphatic carbocycles. The maximum atomic E-state index is 14.5. The molecule has 5 rings (SSSR count). The summed E-state index contributed by atoms with van der Waals surface area (Å²) in [6.45, 7) is 4.96. The Balaban J connectivity index is 1.41. The molecule has 4 aromatic rings. The first kappa shape index (κ1) is 21.6. The van der Waals surface area contributed by atoms with E-state index in [1.54, 1.807) is 13.1 Å². The summed E-state index contributed by atoms with van der Waals surface area (Å²) in [7, 11) is 1.74. The predicted molar refractivity (Wildman–Crippen MR) is 128 cm³/mol. The number of fused-ring (bicyclic) bond motifs is 1. The Morgan fingerprint density at radius 3 is 2.61 bits per heavy atom. The highest BCUT2D eigenvalue weighted by Gasteiger charge is 2.17. The van der Waals surface area contributed by atoms with Crippen LogP contribution in [0.5, 0.6) is 0 Å². The van der Waals surface area contributed by atoms with E-state index in [4.69, 9.17) is 0 Å². The molecule has 10 heteroatoms. The highest BCUT2D eigenvalue weighted by Crippen LogP contribution is 2.36. The van der Waals surface area contributed by atoms with E-state index in [0.29, 0.717) is 32.7 Å². The number of hydrogen-bond donors (Lipinski definition) is 3.